The van der Waals surface area contributed by atoms with Gasteiger partial charge in [-0.15, -0.1) is 0 Å². The van der Waals surface area contributed by atoms with E-state index in [2.05, 4.69) is 35.0 Å². The molecule has 1 amide bonds. The Kier molecular flexibility index (Phi) is 4.71. The number of ether oxygens (including phenoxy) is 1. The predicted octanol–water partition coefficient (Wildman–Crippen LogP) is 2.92. The van der Waals surface area contributed by atoms with Crippen LogP contribution in [-0.4, -0.2) is 29.4 Å². The normalized spacial score (nSPS) is 14.5. The smallest absolute Gasteiger partial charge is 0.407 e. The van der Waals surface area contributed by atoms with Crippen molar-refractivity contribution in [3.8, 4) is 0 Å². The van der Waals surface area contributed by atoms with E-state index in [0.29, 0.717) is 13.1 Å². The highest BCUT2D eigenvalue weighted by Crippen LogP contribution is 2.28. The summed E-state index contributed by atoms with van der Waals surface area (Å²) in [6, 6.07) is 10.3. The average Bonchev–Trinajstić information content (AvgIpc) is 2.81. The van der Waals surface area contributed by atoms with E-state index in [0.717, 1.165) is 11.2 Å². The molecule has 5 nitrogen and oxygen atoms in total. The number of alkyl carbamates (subject to hydrolysis) is 1. The number of hydrogen-bond donors (Lipinski definition) is 2. The lowest BCUT2D eigenvalue weighted by molar-refractivity contribution is 0.0516. The first-order chi connectivity index (χ1) is 10.7. The van der Waals surface area contributed by atoms with Crippen molar-refractivity contribution < 1.29 is 9.53 Å². The van der Waals surface area contributed by atoms with Crippen molar-refractivity contribution in [1.29, 1.82) is 0 Å². The summed E-state index contributed by atoms with van der Waals surface area (Å²) in [5.74, 6) is 0. The summed E-state index contributed by atoms with van der Waals surface area (Å²) in [6.45, 7) is 8.43. The number of aromatic nitrogens is 1. The molecule has 2 aromatic rings. The molecule has 2 rings (SSSR count). The monoisotopic (exact) mass is 317 g/mol. The van der Waals surface area contributed by atoms with E-state index in [4.69, 9.17) is 10.5 Å². The van der Waals surface area contributed by atoms with Crippen LogP contribution in [0.4, 0.5) is 4.79 Å². The third-order valence-corrected chi connectivity index (χ3v) is 4.04. The van der Waals surface area contributed by atoms with E-state index >= 15 is 0 Å². The van der Waals surface area contributed by atoms with Gasteiger partial charge >= 0.3 is 6.09 Å². The number of benzene rings is 1. The molecule has 0 spiro atoms. The van der Waals surface area contributed by atoms with Crippen LogP contribution in [0.3, 0.4) is 0 Å². The van der Waals surface area contributed by atoms with Crippen molar-refractivity contribution in [1.82, 2.24) is 9.88 Å². The summed E-state index contributed by atoms with van der Waals surface area (Å²) < 4.78 is 7.44. The van der Waals surface area contributed by atoms with Crippen molar-refractivity contribution in [3.63, 3.8) is 0 Å². The lowest BCUT2D eigenvalue weighted by atomic mass is 9.86. The number of nitrogens with zero attached hydrogens (tertiary/aromatic N) is 1. The van der Waals surface area contributed by atoms with Gasteiger partial charge in [0.05, 0.1) is 0 Å². The van der Waals surface area contributed by atoms with Crippen LogP contribution in [0.2, 0.25) is 0 Å². The number of nitrogens with two attached hydrogens (primary N) is 1. The highest BCUT2D eigenvalue weighted by molar-refractivity contribution is 5.81. The summed E-state index contributed by atoms with van der Waals surface area (Å²) in [5.41, 5.74) is 7.40. The van der Waals surface area contributed by atoms with E-state index < -0.39 is 11.7 Å². The Bertz CT molecular complexity index is 700. The van der Waals surface area contributed by atoms with Gasteiger partial charge in [0.25, 0.3) is 0 Å². The van der Waals surface area contributed by atoms with Gasteiger partial charge in [0.15, 0.2) is 0 Å². The number of carbonyl (C=O) groups is 1. The third-order valence-electron chi connectivity index (χ3n) is 4.04. The average molecular weight is 317 g/mol. The molecule has 126 valence electrons. The molecule has 1 aromatic heterocycles. The van der Waals surface area contributed by atoms with Gasteiger partial charge in [-0.05, 0) is 38.3 Å². The summed E-state index contributed by atoms with van der Waals surface area (Å²) in [4.78, 5) is 11.9. The van der Waals surface area contributed by atoms with Gasteiger partial charge in [-0.3, -0.25) is 0 Å². The van der Waals surface area contributed by atoms with Crippen molar-refractivity contribution >= 4 is 17.0 Å². The summed E-state index contributed by atoms with van der Waals surface area (Å²) in [6.07, 6.45) is -0.420. The number of fused-ring (bicyclic) bond motifs is 1. The van der Waals surface area contributed by atoms with Gasteiger partial charge in [0.1, 0.15) is 5.60 Å². The van der Waals surface area contributed by atoms with Gasteiger partial charge < -0.3 is 20.4 Å². The minimum atomic E-state index is -0.511. The first-order valence-electron chi connectivity index (χ1n) is 7.88. The third kappa shape index (κ3) is 3.85. The SMILES string of the molecule is Cn1c(C(C)(CN)CNC(=O)OC(C)(C)C)cc2ccccc21. The van der Waals surface area contributed by atoms with Gasteiger partial charge in [-0.25, -0.2) is 4.79 Å². The molecule has 0 fully saturated rings. The molecule has 23 heavy (non-hydrogen) atoms. The first-order valence-corrected chi connectivity index (χ1v) is 7.88. The lowest BCUT2D eigenvalue weighted by Gasteiger charge is -2.30. The van der Waals surface area contributed by atoms with E-state index in [-0.39, 0.29) is 5.41 Å². The topological polar surface area (TPSA) is 69.3 Å². The predicted molar refractivity (Wildman–Crippen MR) is 93.6 cm³/mol. The molecule has 0 saturated heterocycles. The molecule has 5 heteroatoms. The van der Waals surface area contributed by atoms with Crippen LogP contribution in [0, 0.1) is 0 Å². The molecule has 3 N–H and O–H groups in total. The second kappa shape index (κ2) is 6.24. The number of aryl methyl sites for hydroxylation is 1. The second-order valence-electron chi connectivity index (χ2n) is 7.27. The molecular weight excluding hydrogens is 290 g/mol. The van der Waals surface area contributed by atoms with Crippen molar-refractivity contribution in [2.24, 2.45) is 12.8 Å². The second-order valence-corrected chi connectivity index (χ2v) is 7.27. The first kappa shape index (κ1) is 17.3. The van der Waals surface area contributed by atoms with Crippen LogP contribution in [0.5, 0.6) is 0 Å². The van der Waals surface area contributed by atoms with Crippen molar-refractivity contribution in [3.05, 3.63) is 36.0 Å². The molecule has 1 unspecified atom stereocenters. The fraction of sp³-hybridized carbons (Fsp3) is 0.500. The minimum Gasteiger partial charge on any atom is -0.444 e. The van der Waals surface area contributed by atoms with Crippen molar-refractivity contribution in [2.45, 2.75) is 38.7 Å². The molecule has 0 bridgehead atoms. The fourth-order valence-corrected chi connectivity index (χ4v) is 2.72. The van der Waals surface area contributed by atoms with Crippen LogP contribution >= 0.6 is 0 Å². The molecule has 1 aromatic carbocycles. The standard InChI is InChI=1S/C18H27N3O2/c1-17(2,3)23-16(22)20-12-18(4,11-19)15-10-13-8-6-7-9-14(13)21(15)5/h6-10H,11-12,19H2,1-5H3,(H,20,22). The van der Waals surface area contributed by atoms with E-state index in [9.17, 15) is 4.79 Å². The molecule has 1 heterocycles. The lowest BCUT2D eigenvalue weighted by Crippen LogP contribution is -2.46. The molecular formula is C18H27N3O2. The quantitative estimate of drug-likeness (QED) is 0.911. The Balaban J connectivity index is 2.22. The number of nitrogens with one attached hydrogen (secondary N) is 1. The van der Waals surface area contributed by atoms with E-state index in [1.807, 2.05) is 40.0 Å². The number of carbonyl (C=O) groups excluding carboxylic acids is 1. The number of rotatable bonds is 4. The minimum absolute atomic E-state index is 0.370. The van der Waals surface area contributed by atoms with E-state index in [1.165, 1.54) is 5.39 Å². The van der Waals surface area contributed by atoms with Crippen LogP contribution in [-0.2, 0) is 17.2 Å². The number of hydrogen-bond acceptors (Lipinski definition) is 3. The summed E-state index contributed by atoms with van der Waals surface area (Å²) in [7, 11) is 2.03. The highest BCUT2D eigenvalue weighted by atomic mass is 16.6. The van der Waals surface area contributed by atoms with E-state index in [1.54, 1.807) is 0 Å². The molecule has 0 aliphatic heterocycles. The van der Waals surface area contributed by atoms with Gasteiger partial charge in [-0.1, -0.05) is 25.1 Å². The Hall–Kier alpha value is -2.01. The van der Waals surface area contributed by atoms with Crippen LogP contribution < -0.4 is 11.1 Å². The Labute approximate surface area is 137 Å². The van der Waals surface area contributed by atoms with Crippen LogP contribution in [0.15, 0.2) is 30.3 Å². The Morgan fingerprint density at radius 2 is 1.91 bits per heavy atom. The maximum atomic E-state index is 11.9. The van der Waals surface area contributed by atoms with Gasteiger partial charge in [-0.2, -0.15) is 0 Å². The largest absolute Gasteiger partial charge is 0.444 e. The zero-order valence-electron chi connectivity index (χ0n) is 14.6. The highest BCUT2D eigenvalue weighted by Gasteiger charge is 2.30. The van der Waals surface area contributed by atoms with Gasteiger partial charge in [0.2, 0.25) is 0 Å². The molecule has 1 atom stereocenters. The maximum Gasteiger partial charge on any atom is 0.407 e. The number of amides is 1. The molecule has 0 aliphatic carbocycles. The fourth-order valence-electron chi connectivity index (χ4n) is 2.72. The van der Waals surface area contributed by atoms with Crippen molar-refractivity contribution in [2.75, 3.05) is 13.1 Å². The molecule has 0 radical (unpaired) electrons. The van der Waals surface area contributed by atoms with Crippen LogP contribution in [0.1, 0.15) is 33.4 Å². The molecule has 0 aliphatic rings. The number of para-hydroxylation sites is 1. The zero-order chi connectivity index (χ0) is 17.3. The Morgan fingerprint density at radius 1 is 1.26 bits per heavy atom. The summed E-state index contributed by atoms with van der Waals surface area (Å²) in [5, 5.41) is 4.01. The zero-order valence-corrected chi connectivity index (χ0v) is 14.6. The Morgan fingerprint density at radius 3 is 2.48 bits per heavy atom. The molecule has 0 saturated carbocycles. The maximum absolute atomic E-state index is 11.9. The summed E-state index contributed by atoms with van der Waals surface area (Å²) >= 11 is 0. The van der Waals surface area contributed by atoms with Gasteiger partial charge in [0, 0.05) is 36.8 Å². The van der Waals surface area contributed by atoms with Crippen LogP contribution in [0.25, 0.3) is 10.9 Å².